The number of methoxy groups -OCH3 is 1. The van der Waals surface area contributed by atoms with Crippen LogP contribution in [0.1, 0.15) is 52.4 Å². The SMILES string of the molecule is COC1=C(CCN[C@@H](CN2CCC(C3C=CC(Cl)=CC3)CC2)C(C)C)C=CCC1. The molecule has 3 aliphatic rings. The zero-order valence-electron chi connectivity index (χ0n) is 18.5. The summed E-state index contributed by atoms with van der Waals surface area (Å²) in [5.41, 5.74) is 1.37. The van der Waals surface area contributed by atoms with Gasteiger partial charge in [-0.25, -0.2) is 0 Å². The average molecular weight is 419 g/mol. The predicted molar refractivity (Wildman–Crippen MR) is 124 cm³/mol. The molecule has 1 heterocycles. The van der Waals surface area contributed by atoms with E-state index >= 15 is 0 Å². The molecular formula is C25H39ClN2O. The van der Waals surface area contributed by atoms with E-state index in [4.69, 9.17) is 16.3 Å². The molecule has 162 valence electrons. The lowest BCUT2D eigenvalue weighted by Crippen LogP contribution is -2.47. The highest BCUT2D eigenvalue weighted by Crippen LogP contribution is 2.32. The molecular weight excluding hydrogens is 380 g/mol. The molecule has 0 aromatic carbocycles. The van der Waals surface area contributed by atoms with Gasteiger partial charge in [0, 0.05) is 24.0 Å². The molecule has 0 spiro atoms. The zero-order chi connectivity index (χ0) is 20.6. The van der Waals surface area contributed by atoms with Crippen molar-refractivity contribution in [3.63, 3.8) is 0 Å². The van der Waals surface area contributed by atoms with Gasteiger partial charge in [0.15, 0.2) is 0 Å². The Labute approximate surface area is 182 Å². The van der Waals surface area contributed by atoms with E-state index in [-0.39, 0.29) is 0 Å². The molecule has 1 saturated heterocycles. The van der Waals surface area contributed by atoms with E-state index < -0.39 is 0 Å². The molecule has 0 bridgehead atoms. The molecule has 2 atom stereocenters. The number of hydrogen-bond donors (Lipinski definition) is 1. The Balaban J connectivity index is 1.42. The molecule has 0 saturated carbocycles. The fourth-order valence-electron chi connectivity index (χ4n) is 4.85. The van der Waals surface area contributed by atoms with Gasteiger partial charge >= 0.3 is 0 Å². The Hall–Kier alpha value is -1.03. The Morgan fingerprint density at radius 2 is 2.03 bits per heavy atom. The van der Waals surface area contributed by atoms with Crippen molar-refractivity contribution < 1.29 is 4.74 Å². The number of hydrogen-bond acceptors (Lipinski definition) is 3. The summed E-state index contributed by atoms with van der Waals surface area (Å²) in [7, 11) is 1.80. The smallest absolute Gasteiger partial charge is 0.0990 e. The summed E-state index contributed by atoms with van der Waals surface area (Å²) >= 11 is 6.08. The van der Waals surface area contributed by atoms with Crippen LogP contribution in [0.3, 0.4) is 0 Å². The summed E-state index contributed by atoms with van der Waals surface area (Å²) in [6.07, 6.45) is 18.1. The van der Waals surface area contributed by atoms with Crippen molar-refractivity contribution in [3.05, 3.63) is 46.7 Å². The van der Waals surface area contributed by atoms with Gasteiger partial charge in [0.25, 0.3) is 0 Å². The first kappa shape index (κ1) is 22.7. The number of likely N-dealkylation sites (tertiary alicyclic amines) is 1. The summed E-state index contributed by atoms with van der Waals surface area (Å²) in [6.45, 7) is 9.30. The third-order valence-electron chi connectivity index (χ3n) is 6.85. The number of rotatable bonds is 9. The molecule has 29 heavy (non-hydrogen) atoms. The third-order valence-corrected chi connectivity index (χ3v) is 7.13. The first-order valence-corrected chi connectivity index (χ1v) is 11.9. The van der Waals surface area contributed by atoms with Gasteiger partial charge in [-0.3, -0.25) is 0 Å². The standard InChI is InChI=1S/C25H39ClN2O/c1-19(2)24(27-15-12-22-6-4-5-7-25(22)29-3)18-28-16-13-21(14-17-28)20-8-10-23(26)11-9-20/h4,6,8,10-11,19-21,24,27H,5,7,9,12-18H2,1-3H3/t20?,24-/m0/s1. The van der Waals surface area contributed by atoms with Crippen molar-refractivity contribution in [3.8, 4) is 0 Å². The Morgan fingerprint density at radius 3 is 2.69 bits per heavy atom. The summed E-state index contributed by atoms with van der Waals surface area (Å²) in [4.78, 5) is 2.67. The monoisotopic (exact) mass is 418 g/mol. The van der Waals surface area contributed by atoms with Crippen LogP contribution in [0.4, 0.5) is 0 Å². The first-order valence-electron chi connectivity index (χ1n) is 11.5. The second-order valence-electron chi connectivity index (χ2n) is 9.13. The van der Waals surface area contributed by atoms with Crippen LogP contribution in [0.25, 0.3) is 0 Å². The van der Waals surface area contributed by atoms with E-state index in [0.717, 1.165) is 49.7 Å². The van der Waals surface area contributed by atoms with Crippen molar-refractivity contribution in [2.75, 3.05) is 33.3 Å². The Bertz CT molecular complexity index is 641. The number of allylic oxidation sites excluding steroid dienone is 7. The fraction of sp³-hybridized carbons (Fsp3) is 0.680. The van der Waals surface area contributed by atoms with Crippen LogP contribution >= 0.6 is 11.6 Å². The van der Waals surface area contributed by atoms with Gasteiger partial charge in [0.05, 0.1) is 12.9 Å². The minimum absolute atomic E-state index is 0.544. The van der Waals surface area contributed by atoms with Gasteiger partial charge in [0.2, 0.25) is 0 Å². The van der Waals surface area contributed by atoms with E-state index in [1.54, 1.807) is 7.11 Å². The van der Waals surface area contributed by atoms with Gasteiger partial charge in [-0.05, 0) is 81.1 Å². The van der Waals surface area contributed by atoms with Crippen LogP contribution in [0.15, 0.2) is 46.7 Å². The second kappa shape index (κ2) is 11.4. The minimum Gasteiger partial charge on any atom is -0.501 e. The van der Waals surface area contributed by atoms with Crippen LogP contribution in [-0.4, -0.2) is 44.2 Å². The fourth-order valence-corrected chi connectivity index (χ4v) is 5.02. The Kier molecular flexibility index (Phi) is 8.89. The number of halogens is 1. The Morgan fingerprint density at radius 1 is 1.24 bits per heavy atom. The number of nitrogens with one attached hydrogen (secondary N) is 1. The molecule has 1 N–H and O–H groups in total. The highest BCUT2D eigenvalue weighted by Gasteiger charge is 2.27. The number of ether oxygens (including phenoxy) is 1. The van der Waals surface area contributed by atoms with Gasteiger partial charge in [-0.1, -0.05) is 49.8 Å². The maximum absolute atomic E-state index is 6.08. The second-order valence-corrected chi connectivity index (χ2v) is 9.57. The lowest BCUT2D eigenvalue weighted by atomic mass is 9.80. The van der Waals surface area contributed by atoms with Crippen molar-refractivity contribution in [1.29, 1.82) is 0 Å². The molecule has 0 radical (unpaired) electrons. The third kappa shape index (κ3) is 6.73. The van der Waals surface area contributed by atoms with Crippen molar-refractivity contribution >= 4 is 11.6 Å². The molecule has 3 nitrogen and oxygen atoms in total. The zero-order valence-corrected chi connectivity index (χ0v) is 19.3. The largest absolute Gasteiger partial charge is 0.501 e. The quantitative estimate of drug-likeness (QED) is 0.523. The van der Waals surface area contributed by atoms with Crippen molar-refractivity contribution in [2.45, 2.75) is 58.4 Å². The van der Waals surface area contributed by atoms with Crippen LogP contribution in [0.2, 0.25) is 0 Å². The van der Waals surface area contributed by atoms with E-state index in [9.17, 15) is 0 Å². The predicted octanol–water partition coefficient (Wildman–Crippen LogP) is 5.65. The molecule has 4 heteroatoms. The van der Waals surface area contributed by atoms with Gasteiger partial charge in [-0.2, -0.15) is 0 Å². The number of nitrogens with zero attached hydrogens (tertiary/aromatic N) is 1. The van der Waals surface area contributed by atoms with E-state index in [1.165, 1.54) is 37.3 Å². The lowest BCUT2D eigenvalue weighted by Gasteiger charge is -2.38. The molecule has 1 unspecified atom stereocenters. The summed E-state index contributed by atoms with van der Waals surface area (Å²) in [6, 6.07) is 0.544. The van der Waals surface area contributed by atoms with E-state index in [1.807, 2.05) is 0 Å². The van der Waals surface area contributed by atoms with Crippen molar-refractivity contribution in [2.24, 2.45) is 17.8 Å². The summed E-state index contributed by atoms with van der Waals surface area (Å²) in [5, 5.41) is 4.74. The van der Waals surface area contributed by atoms with E-state index in [2.05, 4.69) is 54.4 Å². The molecule has 2 aliphatic carbocycles. The maximum atomic E-state index is 6.08. The summed E-state index contributed by atoms with van der Waals surface area (Å²) in [5.74, 6) is 3.31. The van der Waals surface area contributed by atoms with Crippen LogP contribution in [0.5, 0.6) is 0 Å². The maximum Gasteiger partial charge on any atom is 0.0990 e. The molecule has 3 rings (SSSR count). The lowest BCUT2D eigenvalue weighted by molar-refractivity contribution is 0.139. The molecule has 0 amide bonds. The van der Waals surface area contributed by atoms with Gasteiger partial charge in [0.1, 0.15) is 0 Å². The first-order chi connectivity index (χ1) is 14.1. The minimum atomic E-state index is 0.544. The highest BCUT2D eigenvalue weighted by atomic mass is 35.5. The molecule has 1 fully saturated rings. The molecule has 1 aliphatic heterocycles. The van der Waals surface area contributed by atoms with Gasteiger partial charge < -0.3 is 15.0 Å². The van der Waals surface area contributed by atoms with E-state index in [0.29, 0.717) is 17.9 Å². The topological polar surface area (TPSA) is 24.5 Å². The van der Waals surface area contributed by atoms with Crippen LogP contribution in [0, 0.1) is 17.8 Å². The van der Waals surface area contributed by atoms with Crippen molar-refractivity contribution in [1.82, 2.24) is 10.2 Å². The van der Waals surface area contributed by atoms with Gasteiger partial charge in [-0.15, -0.1) is 0 Å². The molecule has 0 aromatic rings. The molecule has 0 aromatic heterocycles. The van der Waals surface area contributed by atoms with Crippen LogP contribution in [-0.2, 0) is 4.74 Å². The normalized spacial score (nSPS) is 24.9. The highest BCUT2D eigenvalue weighted by molar-refractivity contribution is 6.31. The average Bonchev–Trinajstić information content (AvgIpc) is 2.74. The summed E-state index contributed by atoms with van der Waals surface area (Å²) < 4.78 is 5.57. The van der Waals surface area contributed by atoms with Crippen LogP contribution < -0.4 is 5.32 Å². The number of piperidine rings is 1.